The maximum atomic E-state index is 11.8. The Morgan fingerprint density at radius 1 is 1.19 bits per heavy atom. The summed E-state index contributed by atoms with van der Waals surface area (Å²) in [4.78, 5) is 24.1. The Morgan fingerprint density at radius 3 is 2.67 bits per heavy atom. The summed E-state index contributed by atoms with van der Waals surface area (Å²) in [7, 11) is 0. The molecule has 0 aliphatic heterocycles. The largest absolute Gasteiger partial charge is 0.351 e. The van der Waals surface area contributed by atoms with Crippen molar-refractivity contribution in [3.63, 3.8) is 0 Å². The lowest BCUT2D eigenvalue weighted by atomic mass is 10.3. The average Bonchev–Trinajstić information content (AvgIpc) is 2.96. The number of nitrogens with one attached hydrogen (secondary N) is 2. The second-order valence-electron chi connectivity index (χ2n) is 4.16. The standard InChI is InChI=1S/C14H12Cl2N2O2S/c15-9-3-4-11(10(16)8-9)18-13(19)5-6-17-14(20)12-2-1-7-21-12/h1-4,7-8H,5-6H2,(H,17,20)(H,18,19). The van der Waals surface area contributed by atoms with Crippen molar-refractivity contribution in [2.75, 3.05) is 11.9 Å². The van der Waals surface area contributed by atoms with E-state index in [1.54, 1.807) is 30.3 Å². The van der Waals surface area contributed by atoms with Gasteiger partial charge in [0, 0.05) is 18.0 Å². The van der Waals surface area contributed by atoms with Crippen LogP contribution in [0.4, 0.5) is 5.69 Å². The Hall–Kier alpha value is -1.56. The van der Waals surface area contributed by atoms with Crippen LogP contribution in [0, 0.1) is 0 Å². The van der Waals surface area contributed by atoms with Crippen molar-refractivity contribution in [3.8, 4) is 0 Å². The van der Waals surface area contributed by atoms with Crippen LogP contribution in [0.25, 0.3) is 0 Å². The quantitative estimate of drug-likeness (QED) is 0.867. The van der Waals surface area contributed by atoms with Crippen LogP contribution in [0.15, 0.2) is 35.7 Å². The lowest BCUT2D eigenvalue weighted by Crippen LogP contribution is -2.27. The molecule has 2 rings (SSSR count). The van der Waals surface area contributed by atoms with E-state index in [9.17, 15) is 9.59 Å². The molecule has 0 atom stereocenters. The van der Waals surface area contributed by atoms with E-state index < -0.39 is 0 Å². The third-order valence-electron chi connectivity index (χ3n) is 2.59. The van der Waals surface area contributed by atoms with Gasteiger partial charge in [-0.1, -0.05) is 29.3 Å². The van der Waals surface area contributed by atoms with Gasteiger partial charge in [-0.15, -0.1) is 11.3 Å². The highest BCUT2D eigenvalue weighted by atomic mass is 35.5. The molecule has 7 heteroatoms. The first-order valence-electron chi connectivity index (χ1n) is 6.13. The second-order valence-corrected chi connectivity index (χ2v) is 5.95. The second kappa shape index (κ2) is 7.45. The molecule has 4 nitrogen and oxygen atoms in total. The molecule has 0 unspecified atom stereocenters. The monoisotopic (exact) mass is 342 g/mol. The van der Waals surface area contributed by atoms with Crippen molar-refractivity contribution in [3.05, 3.63) is 50.6 Å². The van der Waals surface area contributed by atoms with Gasteiger partial charge in [-0.25, -0.2) is 0 Å². The Morgan fingerprint density at radius 2 is 2.00 bits per heavy atom. The summed E-state index contributed by atoms with van der Waals surface area (Å²) in [6, 6.07) is 8.36. The molecule has 2 aromatic rings. The first-order valence-corrected chi connectivity index (χ1v) is 7.76. The molecular weight excluding hydrogens is 331 g/mol. The summed E-state index contributed by atoms with van der Waals surface area (Å²) in [6.07, 6.45) is 0.163. The molecule has 1 heterocycles. The van der Waals surface area contributed by atoms with E-state index in [4.69, 9.17) is 23.2 Å². The van der Waals surface area contributed by atoms with E-state index in [0.717, 1.165) is 0 Å². The fraction of sp³-hybridized carbons (Fsp3) is 0.143. The molecule has 0 saturated heterocycles. The number of hydrogen-bond acceptors (Lipinski definition) is 3. The van der Waals surface area contributed by atoms with Crippen LogP contribution in [0.5, 0.6) is 0 Å². The predicted molar refractivity (Wildman–Crippen MR) is 86.4 cm³/mol. The van der Waals surface area contributed by atoms with E-state index in [-0.39, 0.29) is 24.8 Å². The molecule has 0 spiro atoms. The van der Waals surface area contributed by atoms with Crippen LogP contribution in [0.2, 0.25) is 10.0 Å². The minimum atomic E-state index is -0.231. The van der Waals surface area contributed by atoms with Gasteiger partial charge in [0.2, 0.25) is 5.91 Å². The number of halogens is 2. The molecule has 0 saturated carbocycles. The third kappa shape index (κ3) is 4.74. The van der Waals surface area contributed by atoms with Crippen molar-refractivity contribution in [1.82, 2.24) is 5.32 Å². The van der Waals surface area contributed by atoms with Gasteiger partial charge in [0.15, 0.2) is 0 Å². The lowest BCUT2D eigenvalue weighted by Gasteiger charge is -2.08. The van der Waals surface area contributed by atoms with Crippen molar-refractivity contribution in [2.45, 2.75) is 6.42 Å². The molecular formula is C14H12Cl2N2O2S. The summed E-state index contributed by atoms with van der Waals surface area (Å²) in [5, 5.41) is 8.05. The first kappa shape index (κ1) is 15.8. The smallest absolute Gasteiger partial charge is 0.261 e. The highest BCUT2D eigenvalue weighted by molar-refractivity contribution is 7.12. The van der Waals surface area contributed by atoms with Gasteiger partial charge in [0.05, 0.1) is 15.6 Å². The number of anilines is 1. The lowest BCUT2D eigenvalue weighted by molar-refractivity contribution is -0.116. The van der Waals surface area contributed by atoms with E-state index in [0.29, 0.717) is 20.6 Å². The zero-order chi connectivity index (χ0) is 15.2. The molecule has 0 fully saturated rings. The van der Waals surface area contributed by atoms with Crippen LogP contribution in [-0.2, 0) is 4.79 Å². The van der Waals surface area contributed by atoms with Gasteiger partial charge in [0.1, 0.15) is 0 Å². The number of benzene rings is 1. The highest BCUT2D eigenvalue weighted by Gasteiger charge is 2.09. The topological polar surface area (TPSA) is 58.2 Å². The van der Waals surface area contributed by atoms with Gasteiger partial charge in [0.25, 0.3) is 5.91 Å². The number of carbonyl (C=O) groups is 2. The number of amides is 2. The van der Waals surface area contributed by atoms with Crippen molar-refractivity contribution in [1.29, 1.82) is 0 Å². The predicted octanol–water partition coefficient (Wildman–Crippen LogP) is 3.81. The Bertz CT molecular complexity index is 644. The van der Waals surface area contributed by atoms with Crippen LogP contribution >= 0.6 is 34.5 Å². The van der Waals surface area contributed by atoms with Gasteiger partial charge in [-0.3, -0.25) is 9.59 Å². The Kier molecular flexibility index (Phi) is 5.61. The molecule has 1 aromatic heterocycles. The first-order chi connectivity index (χ1) is 10.1. The number of carbonyl (C=O) groups excluding carboxylic acids is 2. The molecule has 0 radical (unpaired) electrons. The summed E-state index contributed by atoms with van der Waals surface area (Å²) in [5.74, 6) is -0.409. The van der Waals surface area contributed by atoms with Crippen LogP contribution in [-0.4, -0.2) is 18.4 Å². The zero-order valence-electron chi connectivity index (χ0n) is 10.9. The normalized spacial score (nSPS) is 10.2. The summed E-state index contributed by atoms with van der Waals surface area (Å²) in [6.45, 7) is 0.258. The number of thiophene rings is 1. The molecule has 0 aliphatic rings. The molecule has 2 amide bonds. The fourth-order valence-electron chi connectivity index (χ4n) is 1.59. The van der Waals surface area contributed by atoms with Gasteiger partial charge < -0.3 is 10.6 Å². The van der Waals surface area contributed by atoms with Crippen molar-refractivity contribution in [2.24, 2.45) is 0 Å². The van der Waals surface area contributed by atoms with Crippen LogP contribution < -0.4 is 10.6 Å². The van der Waals surface area contributed by atoms with Crippen LogP contribution in [0.1, 0.15) is 16.1 Å². The zero-order valence-corrected chi connectivity index (χ0v) is 13.2. The van der Waals surface area contributed by atoms with E-state index in [1.807, 2.05) is 5.38 Å². The molecule has 0 bridgehead atoms. The molecule has 110 valence electrons. The maximum Gasteiger partial charge on any atom is 0.261 e. The molecule has 1 aromatic carbocycles. The fourth-order valence-corrected chi connectivity index (χ4v) is 2.68. The highest BCUT2D eigenvalue weighted by Crippen LogP contribution is 2.25. The van der Waals surface area contributed by atoms with Gasteiger partial charge in [-0.2, -0.15) is 0 Å². The van der Waals surface area contributed by atoms with Gasteiger partial charge >= 0.3 is 0 Å². The number of hydrogen-bond donors (Lipinski definition) is 2. The third-order valence-corrected chi connectivity index (χ3v) is 4.00. The molecule has 0 aliphatic carbocycles. The van der Waals surface area contributed by atoms with Crippen molar-refractivity contribution >= 4 is 52.0 Å². The SMILES string of the molecule is O=C(CCNC(=O)c1cccs1)Nc1ccc(Cl)cc1Cl. The maximum absolute atomic E-state index is 11.8. The summed E-state index contributed by atoms with van der Waals surface area (Å²) in [5.41, 5.74) is 0.496. The Labute approximate surface area is 136 Å². The summed E-state index contributed by atoms with van der Waals surface area (Å²) >= 11 is 13.1. The van der Waals surface area contributed by atoms with Crippen LogP contribution in [0.3, 0.4) is 0 Å². The van der Waals surface area contributed by atoms with E-state index >= 15 is 0 Å². The molecule has 21 heavy (non-hydrogen) atoms. The Balaban J connectivity index is 1.78. The van der Waals surface area contributed by atoms with E-state index in [1.165, 1.54) is 11.3 Å². The minimum absolute atomic E-state index is 0.163. The summed E-state index contributed by atoms with van der Waals surface area (Å²) < 4.78 is 0. The van der Waals surface area contributed by atoms with Crippen molar-refractivity contribution < 1.29 is 9.59 Å². The van der Waals surface area contributed by atoms with E-state index in [2.05, 4.69) is 10.6 Å². The average molecular weight is 343 g/mol. The minimum Gasteiger partial charge on any atom is -0.351 e. The molecule has 2 N–H and O–H groups in total. The van der Waals surface area contributed by atoms with Gasteiger partial charge in [-0.05, 0) is 29.6 Å². The number of rotatable bonds is 5.